The van der Waals surface area contributed by atoms with Crippen molar-refractivity contribution in [2.45, 2.75) is 114 Å². The monoisotopic (exact) mass is 794 g/mol. The zero-order valence-electron chi connectivity index (χ0n) is 30.7. The Kier molecular flexibility index (Phi) is 20.8. The summed E-state index contributed by atoms with van der Waals surface area (Å²) in [6.45, 7) is 4.39. The standard InChI is InChI=1S/2C20H26O5S.Ca/c2*1-2-3-4-5-6-7-8-16-13-17(21)15-19(14-16)25-18-9-11-20(12-10-18)26(22,23)24;/h2*9-15,21H,2-8H2,1H3,(H,22,23,24);/q;;+2/p-2. The van der Waals surface area contributed by atoms with Gasteiger partial charge in [-0.3, -0.25) is 4.55 Å². The molecule has 0 atom stereocenters. The molecule has 0 unspecified atom stereocenters. The van der Waals surface area contributed by atoms with E-state index in [1.807, 2.05) is 12.1 Å². The van der Waals surface area contributed by atoms with Crippen LogP contribution in [0.5, 0.6) is 34.5 Å². The Bertz CT molecular complexity index is 1740. The molecule has 2 N–H and O–H groups in total. The largest absolute Gasteiger partial charge is 2.00 e. The molecule has 53 heavy (non-hydrogen) atoms. The van der Waals surface area contributed by atoms with E-state index >= 15 is 0 Å². The van der Waals surface area contributed by atoms with Gasteiger partial charge in [0, 0.05) is 6.07 Å². The molecule has 0 aromatic heterocycles. The second-order valence-corrected chi connectivity index (χ2v) is 15.6. The quantitative estimate of drug-likeness (QED) is 0.0499. The average Bonchev–Trinajstić information content (AvgIpc) is 3.07. The summed E-state index contributed by atoms with van der Waals surface area (Å²) in [6, 6.07) is 20.6. The Balaban J connectivity index is 0.000000360. The van der Waals surface area contributed by atoms with Crippen molar-refractivity contribution in [3.05, 3.63) is 96.1 Å². The molecule has 4 rings (SSSR count). The van der Waals surface area contributed by atoms with Gasteiger partial charge < -0.3 is 24.2 Å². The first kappa shape index (κ1) is 46.3. The van der Waals surface area contributed by atoms with Crippen molar-refractivity contribution in [1.82, 2.24) is 0 Å². The number of hydrogen-bond acceptors (Lipinski definition) is 9. The summed E-state index contributed by atoms with van der Waals surface area (Å²) in [4.78, 5) is -0.504. The molecule has 0 saturated heterocycles. The molecule has 13 heteroatoms. The number of aryl methyl sites for hydroxylation is 2. The third kappa shape index (κ3) is 18.4. The van der Waals surface area contributed by atoms with E-state index in [-0.39, 0.29) is 59.0 Å². The predicted molar refractivity (Wildman–Crippen MR) is 205 cm³/mol. The summed E-state index contributed by atoms with van der Waals surface area (Å²) in [6.07, 6.45) is 16.1. The van der Waals surface area contributed by atoms with Crippen LogP contribution in [-0.2, 0) is 33.1 Å². The van der Waals surface area contributed by atoms with E-state index in [2.05, 4.69) is 13.8 Å². The molecule has 284 valence electrons. The van der Waals surface area contributed by atoms with Gasteiger partial charge in [0.15, 0.2) is 0 Å². The Morgan fingerprint density at radius 1 is 0.547 bits per heavy atom. The summed E-state index contributed by atoms with van der Waals surface area (Å²) >= 11 is 0. The molecular formula is C40H50CaO10S2. The maximum atomic E-state index is 11.9. The number of benzene rings is 4. The van der Waals surface area contributed by atoms with E-state index in [1.54, 1.807) is 12.1 Å². The van der Waals surface area contributed by atoms with Gasteiger partial charge >= 0.3 is 37.7 Å². The third-order valence-electron chi connectivity index (χ3n) is 8.23. The normalized spacial score (nSPS) is 11.2. The third-order valence-corrected chi connectivity index (χ3v) is 9.95. The van der Waals surface area contributed by atoms with Crippen molar-refractivity contribution in [1.29, 1.82) is 0 Å². The topological polar surface area (TPSA) is 173 Å². The van der Waals surface area contributed by atoms with Crippen molar-refractivity contribution in [2.24, 2.45) is 0 Å². The summed E-state index contributed by atoms with van der Waals surface area (Å²) in [5.74, 6) is 1.71. The fraction of sp³-hybridized carbons (Fsp3) is 0.400. The van der Waals surface area contributed by atoms with Crippen molar-refractivity contribution < 1.29 is 45.6 Å². The van der Waals surface area contributed by atoms with Crippen LogP contribution in [0.2, 0.25) is 0 Å². The molecule has 10 nitrogen and oxygen atoms in total. The van der Waals surface area contributed by atoms with Gasteiger partial charge in [0.2, 0.25) is 0 Å². The van der Waals surface area contributed by atoms with Crippen molar-refractivity contribution in [3.63, 3.8) is 0 Å². The number of hydrogen-bond donors (Lipinski definition) is 2. The van der Waals surface area contributed by atoms with Gasteiger partial charge in [0.25, 0.3) is 10.1 Å². The number of aromatic hydroxyl groups is 1. The molecule has 0 aliphatic heterocycles. The zero-order valence-corrected chi connectivity index (χ0v) is 34.5. The second kappa shape index (κ2) is 23.8. The average molecular weight is 795 g/mol. The zero-order chi connectivity index (χ0) is 38.0. The van der Waals surface area contributed by atoms with E-state index in [9.17, 15) is 31.6 Å². The molecule has 0 amide bonds. The minimum Gasteiger partial charge on any atom is -0.872 e. The molecular weight excluding hydrogens is 745 g/mol. The maximum absolute atomic E-state index is 11.9. The number of ether oxygens (including phenoxy) is 2. The van der Waals surface area contributed by atoms with Crippen LogP contribution in [0.1, 0.15) is 102 Å². The van der Waals surface area contributed by atoms with Crippen LogP contribution in [0.15, 0.2) is 94.7 Å². The number of phenolic OH excluding ortho intramolecular Hbond substituents is 1. The van der Waals surface area contributed by atoms with Gasteiger partial charge in [-0.1, -0.05) is 84.1 Å². The SMILES string of the molecule is CCCCCCCCc1cc(O)cc(Oc2ccc(S(=O)(=O)O)cc2)c1.CCCCCCCCc1cc([O-])cc(Oc2ccc(S(=O)(=O)[O-])cc2)c1.[Ca+2]. The number of unbranched alkanes of at least 4 members (excludes halogenated alkanes) is 10. The van der Waals surface area contributed by atoms with Crippen LogP contribution in [-0.4, -0.2) is 68.8 Å². The molecule has 0 bridgehead atoms. The van der Waals surface area contributed by atoms with Crippen LogP contribution >= 0.6 is 0 Å². The van der Waals surface area contributed by atoms with Crippen molar-refractivity contribution in [2.75, 3.05) is 0 Å². The Hall–Kier alpha value is -2.84. The van der Waals surface area contributed by atoms with E-state index in [0.717, 1.165) is 43.2 Å². The van der Waals surface area contributed by atoms with Gasteiger partial charge in [-0.2, -0.15) is 8.42 Å². The molecule has 0 aliphatic carbocycles. The first-order valence-corrected chi connectivity index (χ1v) is 20.7. The fourth-order valence-corrected chi connectivity index (χ4v) is 6.48. The van der Waals surface area contributed by atoms with Crippen LogP contribution < -0.4 is 14.6 Å². The van der Waals surface area contributed by atoms with Crippen molar-refractivity contribution >= 4 is 58.0 Å². The molecule has 0 aliphatic rings. The predicted octanol–water partition coefficient (Wildman–Crippen LogP) is 9.31. The van der Waals surface area contributed by atoms with Crippen LogP contribution in [0.25, 0.3) is 0 Å². The first-order chi connectivity index (χ1) is 24.8. The van der Waals surface area contributed by atoms with E-state index in [4.69, 9.17) is 14.0 Å². The Morgan fingerprint density at radius 3 is 1.42 bits per heavy atom. The van der Waals surface area contributed by atoms with E-state index in [1.165, 1.54) is 118 Å². The smallest absolute Gasteiger partial charge is 0.872 e. The second-order valence-electron chi connectivity index (χ2n) is 12.8. The molecule has 4 aromatic carbocycles. The van der Waals surface area contributed by atoms with E-state index < -0.39 is 20.2 Å². The van der Waals surface area contributed by atoms with Gasteiger partial charge in [0.05, 0.1) is 9.79 Å². The molecule has 0 saturated carbocycles. The molecule has 0 fully saturated rings. The van der Waals surface area contributed by atoms with Crippen LogP contribution in [0, 0.1) is 0 Å². The molecule has 4 aromatic rings. The fourth-order valence-electron chi connectivity index (χ4n) is 5.53. The molecule has 0 heterocycles. The summed E-state index contributed by atoms with van der Waals surface area (Å²) < 4.78 is 75.2. The first-order valence-electron chi connectivity index (χ1n) is 17.9. The maximum Gasteiger partial charge on any atom is 2.00 e. The Morgan fingerprint density at radius 2 is 0.962 bits per heavy atom. The summed E-state index contributed by atoms with van der Waals surface area (Å²) in [5.41, 5.74) is 1.94. The Labute approximate surface area is 345 Å². The summed E-state index contributed by atoms with van der Waals surface area (Å²) in [7, 11) is -8.70. The number of phenols is 1. The van der Waals surface area contributed by atoms with Gasteiger partial charge in [0.1, 0.15) is 38.9 Å². The van der Waals surface area contributed by atoms with Crippen LogP contribution in [0.3, 0.4) is 0 Å². The van der Waals surface area contributed by atoms with Crippen LogP contribution in [0.4, 0.5) is 0 Å². The molecule has 0 spiro atoms. The summed E-state index contributed by atoms with van der Waals surface area (Å²) in [5, 5.41) is 21.8. The molecule has 0 radical (unpaired) electrons. The van der Waals surface area contributed by atoms with Crippen molar-refractivity contribution in [3.8, 4) is 34.5 Å². The van der Waals surface area contributed by atoms with Gasteiger partial charge in [-0.05, 0) is 110 Å². The van der Waals surface area contributed by atoms with Gasteiger partial charge in [-0.15, -0.1) is 5.75 Å². The minimum absolute atomic E-state index is 0. The minimum atomic E-state index is -4.48. The van der Waals surface area contributed by atoms with E-state index in [0.29, 0.717) is 23.0 Å². The number of rotatable bonds is 20. The van der Waals surface area contributed by atoms with Gasteiger partial charge in [-0.25, -0.2) is 8.42 Å².